The van der Waals surface area contributed by atoms with Crippen molar-refractivity contribution in [3.63, 3.8) is 0 Å². The monoisotopic (exact) mass is 601 g/mol. The molecular formula is C41H23N5O. The van der Waals surface area contributed by atoms with Crippen LogP contribution in [0.2, 0.25) is 0 Å². The Balaban J connectivity index is 1.36. The van der Waals surface area contributed by atoms with Gasteiger partial charge in [0.15, 0.2) is 11.2 Å². The van der Waals surface area contributed by atoms with Crippen LogP contribution in [0.15, 0.2) is 144 Å². The molecule has 6 nitrogen and oxygen atoms in total. The van der Waals surface area contributed by atoms with Crippen molar-refractivity contribution in [2.75, 3.05) is 0 Å². The summed E-state index contributed by atoms with van der Waals surface area (Å²) in [6.07, 6.45) is 0. The summed E-state index contributed by atoms with van der Waals surface area (Å²) in [6.45, 7) is 0. The minimum atomic E-state index is 0.602. The van der Waals surface area contributed by atoms with Gasteiger partial charge in [-0.1, -0.05) is 109 Å². The summed E-state index contributed by atoms with van der Waals surface area (Å²) in [5, 5.41) is 6.31. The van der Waals surface area contributed by atoms with Crippen LogP contribution in [0.1, 0.15) is 0 Å². The zero-order valence-electron chi connectivity index (χ0n) is 24.9. The maximum atomic E-state index is 7.07. The molecule has 0 unspecified atom stereocenters. The molecule has 218 valence electrons. The van der Waals surface area contributed by atoms with Gasteiger partial charge in [0.1, 0.15) is 16.7 Å². The minimum absolute atomic E-state index is 0.602. The number of pyridine rings is 1. The van der Waals surface area contributed by atoms with Gasteiger partial charge in [-0.05, 0) is 30.3 Å². The Hall–Kier alpha value is -6.53. The van der Waals surface area contributed by atoms with E-state index >= 15 is 0 Å². The quantitative estimate of drug-likeness (QED) is 0.198. The smallest absolute Gasteiger partial charge is 0.235 e. The molecule has 0 radical (unpaired) electrons. The van der Waals surface area contributed by atoms with Crippen molar-refractivity contribution >= 4 is 82.2 Å². The second-order valence-corrected chi connectivity index (χ2v) is 12.0. The molecule has 0 spiro atoms. The molecule has 6 heteroatoms. The predicted molar refractivity (Wildman–Crippen MR) is 190 cm³/mol. The first-order chi connectivity index (χ1) is 23.3. The molecule has 0 N–H and O–H groups in total. The first-order valence-electron chi connectivity index (χ1n) is 15.7. The molecule has 5 aromatic heterocycles. The third-order valence-electron chi connectivity index (χ3n) is 9.50. The first-order valence-corrected chi connectivity index (χ1v) is 15.7. The normalized spacial score (nSPS) is 12.3. The summed E-state index contributed by atoms with van der Waals surface area (Å²) in [5.74, 6) is 0.602. The highest BCUT2D eigenvalue weighted by Gasteiger charge is 2.24. The van der Waals surface area contributed by atoms with Crippen LogP contribution in [0, 0.1) is 0 Å². The van der Waals surface area contributed by atoms with Gasteiger partial charge in [0.05, 0.1) is 27.8 Å². The van der Waals surface area contributed by atoms with Crippen LogP contribution < -0.4 is 0 Å². The number of furan rings is 1. The molecule has 0 saturated carbocycles. The fourth-order valence-electron chi connectivity index (χ4n) is 7.49. The molecule has 0 aliphatic carbocycles. The van der Waals surface area contributed by atoms with Gasteiger partial charge < -0.3 is 4.42 Å². The SMILES string of the molecule is c1ccc(-c2nc(-n3c4ccccc4c4ccc5c(oc6c7ccccc7c7nc8ccccc8n7c56)c43)nc3ccccc23)cc1. The number of nitrogens with zero attached hydrogens (tertiary/aromatic N) is 5. The van der Waals surface area contributed by atoms with Crippen LogP contribution in [0.4, 0.5) is 0 Å². The fraction of sp³-hybridized carbons (Fsp3) is 0. The lowest BCUT2D eigenvalue weighted by atomic mass is 10.1. The molecule has 0 atom stereocenters. The maximum absolute atomic E-state index is 7.07. The molecule has 0 fully saturated rings. The standard InChI is InChI=1S/C41H23N5O/c1-2-12-24(13-3-1)35-29-17-6-8-18-31(29)43-41(44-35)46-33-20-10-7-14-25(33)26-22-23-30-37-38(47-39(30)36(26)46)27-15-4-5-16-28(27)40-42-32-19-9-11-21-34(32)45(37)40/h1-23H. The van der Waals surface area contributed by atoms with Crippen LogP contribution in [0.5, 0.6) is 0 Å². The zero-order chi connectivity index (χ0) is 30.6. The highest BCUT2D eigenvalue weighted by Crippen LogP contribution is 2.43. The van der Waals surface area contributed by atoms with Crippen molar-refractivity contribution in [3.05, 3.63) is 140 Å². The van der Waals surface area contributed by atoms with Gasteiger partial charge in [-0.25, -0.2) is 15.0 Å². The van der Waals surface area contributed by atoms with Crippen molar-refractivity contribution in [2.45, 2.75) is 0 Å². The molecule has 0 bridgehead atoms. The molecule has 11 aromatic rings. The molecule has 47 heavy (non-hydrogen) atoms. The molecule has 0 aliphatic rings. The third kappa shape index (κ3) is 3.26. The first kappa shape index (κ1) is 24.8. The number of rotatable bonds is 2. The van der Waals surface area contributed by atoms with E-state index in [1.807, 2.05) is 24.3 Å². The van der Waals surface area contributed by atoms with Crippen molar-refractivity contribution in [3.8, 4) is 17.2 Å². The molecule has 0 aliphatic heterocycles. The van der Waals surface area contributed by atoms with Crippen LogP contribution in [-0.4, -0.2) is 23.9 Å². The lowest BCUT2D eigenvalue weighted by Crippen LogP contribution is -2.03. The number of aromatic nitrogens is 5. The summed E-state index contributed by atoms with van der Waals surface area (Å²) in [5.41, 5.74) is 10.3. The van der Waals surface area contributed by atoms with Crippen LogP contribution in [0.3, 0.4) is 0 Å². The lowest BCUT2D eigenvalue weighted by molar-refractivity contribution is 0.673. The van der Waals surface area contributed by atoms with Crippen molar-refractivity contribution in [1.82, 2.24) is 23.9 Å². The van der Waals surface area contributed by atoms with E-state index < -0.39 is 0 Å². The van der Waals surface area contributed by atoms with E-state index in [4.69, 9.17) is 19.4 Å². The molecule has 0 saturated heterocycles. The van der Waals surface area contributed by atoms with E-state index in [2.05, 4.69) is 124 Å². The van der Waals surface area contributed by atoms with Crippen LogP contribution >= 0.6 is 0 Å². The number of hydrogen-bond acceptors (Lipinski definition) is 4. The molecule has 6 aromatic carbocycles. The Kier molecular flexibility index (Phi) is 4.75. The molecule has 11 rings (SSSR count). The minimum Gasteiger partial charge on any atom is -0.452 e. The average molecular weight is 602 g/mol. The lowest BCUT2D eigenvalue weighted by Gasteiger charge is -2.11. The molecular weight excluding hydrogens is 578 g/mol. The van der Waals surface area contributed by atoms with E-state index in [0.29, 0.717) is 5.95 Å². The highest BCUT2D eigenvalue weighted by molar-refractivity contribution is 6.25. The van der Waals surface area contributed by atoms with Gasteiger partial charge in [-0.2, -0.15) is 0 Å². The largest absolute Gasteiger partial charge is 0.452 e. The molecule has 0 amide bonds. The number of para-hydroxylation sites is 4. The fourth-order valence-corrected chi connectivity index (χ4v) is 7.49. The number of imidazole rings is 1. The second-order valence-electron chi connectivity index (χ2n) is 12.0. The molecule has 5 heterocycles. The van der Waals surface area contributed by atoms with Gasteiger partial charge in [-0.3, -0.25) is 8.97 Å². The van der Waals surface area contributed by atoms with E-state index in [0.717, 1.165) is 93.5 Å². The van der Waals surface area contributed by atoms with Crippen LogP contribution in [-0.2, 0) is 0 Å². The Morgan fingerprint density at radius 3 is 1.91 bits per heavy atom. The van der Waals surface area contributed by atoms with E-state index in [9.17, 15) is 0 Å². The van der Waals surface area contributed by atoms with Crippen molar-refractivity contribution in [1.29, 1.82) is 0 Å². The summed E-state index contributed by atoms with van der Waals surface area (Å²) in [4.78, 5) is 15.6. The average Bonchev–Trinajstić information content (AvgIpc) is 3.82. The zero-order valence-corrected chi connectivity index (χ0v) is 24.9. The van der Waals surface area contributed by atoms with Crippen molar-refractivity contribution < 1.29 is 4.42 Å². The summed E-state index contributed by atoms with van der Waals surface area (Å²) < 4.78 is 11.5. The van der Waals surface area contributed by atoms with Gasteiger partial charge in [0, 0.05) is 37.9 Å². The number of hydrogen-bond donors (Lipinski definition) is 0. The number of benzene rings is 6. The Bertz CT molecular complexity index is 3080. The third-order valence-corrected chi connectivity index (χ3v) is 9.50. The van der Waals surface area contributed by atoms with E-state index in [-0.39, 0.29) is 0 Å². The van der Waals surface area contributed by atoms with E-state index in [1.165, 1.54) is 0 Å². The summed E-state index contributed by atoms with van der Waals surface area (Å²) in [6, 6.07) is 48.1. The second kappa shape index (κ2) is 9.02. The van der Waals surface area contributed by atoms with Crippen LogP contribution in [0.25, 0.3) is 99.4 Å². The summed E-state index contributed by atoms with van der Waals surface area (Å²) >= 11 is 0. The topological polar surface area (TPSA) is 61.2 Å². The van der Waals surface area contributed by atoms with Gasteiger partial charge >= 0.3 is 0 Å². The highest BCUT2D eigenvalue weighted by atomic mass is 16.3. The van der Waals surface area contributed by atoms with Gasteiger partial charge in [0.25, 0.3) is 0 Å². The Labute approximate surface area is 266 Å². The summed E-state index contributed by atoms with van der Waals surface area (Å²) in [7, 11) is 0. The number of fused-ring (bicyclic) bond motifs is 15. The Morgan fingerprint density at radius 2 is 1.06 bits per heavy atom. The van der Waals surface area contributed by atoms with E-state index in [1.54, 1.807) is 0 Å². The van der Waals surface area contributed by atoms with Crippen molar-refractivity contribution in [2.24, 2.45) is 0 Å². The predicted octanol–water partition coefficient (Wildman–Crippen LogP) is 10.2. The van der Waals surface area contributed by atoms with Gasteiger partial charge in [-0.15, -0.1) is 0 Å². The maximum Gasteiger partial charge on any atom is 0.235 e. The van der Waals surface area contributed by atoms with Gasteiger partial charge in [0.2, 0.25) is 5.95 Å². The Morgan fingerprint density at radius 1 is 0.426 bits per heavy atom.